The molecule has 1 N–H and O–H groups in total. The Morgan fingerprint density at radius 3 is 2.47 bits per heavy atom. The van der Waals surface area contributed by atoms with Gasteiger partial charge in [0.25, 0.3) is 0 Å². The molecule has 0 aliphatic carbocycles. The van der Waals surface area contributed by atoms with Crippen LogP contribution in [-0.4, -0.2) is 32.9 Å². The second kappa shape index (κ2) is 3.71. The van der Waals surface area contributed by atoms with Crippen LogP contribution in [0, 0.1) is 0 Å². The molecule has 0 radical (unpaired) electrons. The Morgan fingerprint density at radius 2 is 1.84 bits per heavy atom. The number of hydrogen-bond donors (Lipinski definition) is 1. The highest BCUT2D eigenvalue weighted by molar-refractivity contribution is 6.61. The molecule has 0 aromatic carbocycles. The van der Waals surface area contributed by atoms with Gasteiger partial charge in [0.15, 0.2) is 5.65 Å². The third-order valence-electron chi connectivity index (χ3n) is 3.96. The lowest BCUT2D eigenvalue weighted by atomic mass is 9.84. The van der Waals surface area contributed by atoms with E-state index in [0.717, 1.165) is 0 Å². The number of aromatic amines is 1. The normalized spacial score (nSPS) is 21.2. The fourth-order valence-corrected chi connectivity index (χ4v) is 2.13. The quantitative estimate of drug-likeness (QED) is 0.751. The summed E-state index contributed by atoms with van der Waals surface area (Å²) in [6.07, 6.45) is 0. The molecule has 6 nitrogen and oxygen atoms in total. The van der Waals surface area contributed by atoms with E-state index < -0.39 is 18.3 Å². The van der Waals surface area contributed by atoms with Gasteiger partial charge in [-0.1, -0.05) is 6.07 Å². The molecule has 1 fully saturated rings. The van der Waals surface area contributed by atoms with Crippen LogP contribution in [0.3, 0.4) is 0 Å². The van der Waals surface area contributed by atoms with E-state index in [1.807, 2.05) is 39.8 Å². The maximum absolute atomic E-state index is 11.8. The van der Waals surface area contributed by atoms with Crippen molar-refractivity contribution in [1.82, 2.24) is 14.6 Å². The van der Waals surface area contributed by atoms with Crippen molar-refractivity contribution in [3.63, 3.8) is 0 Å². The Kier molecular flexibility index (Phi) is 2.43. The highest BCUT2D eigenvalue weighted by Gasteiger charge is 2.52. The molecule has 0 bridgehead atoms. The summed E-state index contributed by atoms with van der Waals surface area (Å²) in [6, 6.07) is 5.40. The Morgan fingerprint density at radius 1 is 1.21 bits per heavy atom. The number of hydrogen-bond acceptors (Lipinski definition) is 4. The largest absolute Gasteiger partial charge is 0.513 e. The van der Waals surface area contributed by atoms with E-state index in [1.165, 1.54) is 4.40 Å². The van der Waals surface area contributed by atoms with Crippen LogP contribution in [0.2, 0.25) is 0 Å². The Bertz CT molecular complexity index is 673. The van der Waals surface area contributed by atoms with E-state index in [4.69, 9.17) is 9.31 Å². The summed E-state index contributed by atoms with van der Waals surface area (Å²) in [5, 5.41) is 6.37. The van der Waals surface area contributed by atoms with Crippen molar-refractivity contribution in [2.24, 2.45) is 0 Å². The second-order valence-corrected chi connectivity index (χ2v) is 5.76. The summed E-state index contributed by atoms with van der Waals surface area (Å²) in [4.78, 5) is 11.8. The van der Waals surface area contributed by atoms with Crippen LogP contribution in [0.15, 0.2) is 23.0 Å². The molecule has 3 heterocycles. The highest BCUT2D eigenvalue weighted by Crippen LogP contribution is 2.36. The van der Waals surface area contributed by atoms with Gasteiger partial charge in [0.2, 0.25) is 0 Å². The molecule has 1 saturated heterocycles. The van der Waals surface area contributed by atoms with Crippen LogP contribution in [0.25, 0.3) is 5.65 Å². The summed E-state index contributed by atoms with van der Waals surface area (Å²) >= 11 is 0. The first-order valence-electron chi connectivity index (χ1n) is 6.23. The van der Waals surface area contributed by atoms with Crippen molar-refractivity contribution < 1.29 is 9.31 Å². The fourth-order valence-electron chi connectivity index (χ4n) is 2.13. The van der Waals surface area contributed by atoms with Crippen LogP contribution < -0.4 is 11.3 Å². The number of rotatable bonds is 1. The first-order valence-corrected chi connectivity index (χ1v) is 6.23. The van der Waals surface area contributed by atoms with E-state index in [-0.39, 0.29) is 5.69 Å². The Labute approximate surface area is 110 Å². The predicted octanol–water partition coefficient (Wildman–Crippen LogP) is 0.322. The van der Waals surface area contributed by atoms with Crippen molar-refractivity contribution in [3.8, 4) is 0 Å². The van der Waals surface area contributed by atoms with E-state index in [1.54, 1.807) is 6.07 Å². The smallest absolute Gasteiger partial charge is 0.398 e. The zero-order valence-electron chi connectivity index (χ0n) is 11.4. The standard InChI is InChI=1S/C12H16BN3O3/c1-11(2)12(3,4)19-13(18-11)8-6-5-7-9-14-15-10(17)16(8)9/h5-7H,1-4H3,(H,15,17). The molecule has 2 aromatic heterocycles. The lowest BCUT2D eigenvalue weighted by molar-refractivity contribution is 0.00578. The summed E-state index contributed by atoms with van der Waals surface area (Å²) in [6.45, 7) is 7.91. The van der Waals surface area contributed by atoms with Gasteiger partial charge in [0.1, 0.15) is 0 Å². The number of nitrogens with zero attached hydrogens (tertiary/aromatic N) is 2. The number of aromatic nitrogens is 3. The zero-order valence-corrected chi connectivity index (χ0v) is 11.4. The molecule has 0 spiro atoms. The third kappa shape index (κ3) is 1.73. The molecular weight excluding hydrogens is 245 g/mol. The monoisotopic (exact) mass is 261 g/mol. The van der Waals surface area contributed by atoms with Gasteiger partial charge in [-0.15, -0.1) is 0 Å². The minimum absolute atomic E-state index is 0.291. The number of fused-ring (bicyclic) bond motifs is 1. The summed E-state index contributed by atoms with van der Waals surface area (Å²) in [5.74, 6) is 0. The molecule has 3 rings (SSSR count). The minimum atomic E-state index is -0.580. The molecule has 100 valence electrons. The van der Waals surface area contributed by atoms with Crippen molar-refractivity contribution in [3.05, 3.63) is 28.7 Å². The third-order valence-corrected chi connectivity index (χ3v) is 3.96. The summed E-state index contributed by atoms with van der Waals surface area (Å²) < 4.78 is 13.4. The topological polar surface area (TPSA) is 68.6 Å². The van der Waals surface area contributed by atoms with Gasteiger partial charge in [-0.25, -0.2) is 9.89 Å². The molecule has 0 atom stereocenters. The van der Waals surface area contributed by atoms with Crippen molar-refractivity contribution in [1.29, 1.82) is 0 Å². The van der Waals surface area contributed by atoms with Crippen LogP contribution in [0.1, 0.15) is 27.7 Å². The lowest BCUT2D eigenvalue weighted by Crippen LogP contribution is -2.41. The van der Waals surface area contributed by atoms with E-state index in [0.29, 0.717) is 11.2 Å². The van der Waals surface area contributed by atoms with E-state index in [2.05, 4.69) is 10.2 Å². The fraction of sp³-hybridized carbons (Fsp3) is 0.500. The average molecular weight is 261 g/mol. The number of nitrogens with one attached hydrogen (secondary N) is 1. The van der Waals surface area contributed by atoms with Crippen LogP contribution in [-0.2, 0) is 9.31 Å². The SMILES string of the molecule is CC1(C)OB(c2cccc3n[nH]c(=O)n23)OC1(C)C. The Balaban J connectivity index is 2.12. The zero-order chi connectivity index (χ0) is 13.8. The first-order chi connectivity index (χ1) is 8.82. The predicted molar refractivity (Wildman–Crippen MR) is 71.5 cm³/mol. The van der Waals surface area contributed by atoms with Gasteiger partial charge in [-0.2, -0.15) is 5.10 Å². The molecule has 0 amide bonds. The lowest BCUT2D eigenvalue weighted by Gasteiger charge is -2.32. The van der Waals surface area contributed by atoms with Crippen molar-refractivity contribution in [2.45, 2.75) is 38.9 Å². The van der Waals surface area contributed by atoms with Crippen LogP contribution in [0.5, 0.6) is 0 Å². The van der Waals surface area contributed by atoms with Gasteiger partial charge >= 0.3 is 12.8 Å². The van der Waals surface area contributed by atoms with E-state index in [9.17, 15) is 4.79 Å². The molecule has 2 aromatic rings. The molecule has 1 aliphatic heterocycles. The van der Waals surface area contributed by atoms with Gasteiger partial charge < -0.3 is 9.31 Å². The molecule has 7 heteroatoms. The van der Waals surface area contributed by atoms with Crippen molar-refractivity contribution >= 4 is 18.4 Å². The van der Waals surface area contributed by atoms with Gasteiger partial charge in [0.05, 0.1) is 16.8 Å². The van der Waals surface area contributed by atoms with Gasteiger partial charge in [0, 0.05) is 0 Å². The second-order valence-electron chi connectivity index (χ2n) is 5.76. The maximum atomic E-state index is 11.8. The first kappa shape index (κ1) is 12.4. The number of pyridine rings is 1. The minimum Gasteiger partial charge on any atom is -0.398 e. The molecule has 1 aliphatic rings. The highest BCUT2D eigenvalue weighted by atomic mass is 16.7. The van der Waals surface area contributed by atoms with Gasteiger partial charge in [-0.3, -0.25) is 4.40 Å². The molecular formula is C12H16BN3O3. The Hall–Kier alpha value is -1.60. The van der Waals surface area contributed by atoms with Crippen LogP contribution >= 0.6 is 0 Å². The number of H-pyrrole nitrogens is 1. The summed E-state index contributed by atoms with van der Waals surface area (Å²) in [7, 11) is -0.580. The maximum Gasteiger partial charge on any atom is 0.513 e. The van der Waals surface area contributed by atoms with E-state index >= 15 is 0 Å². The average Bonchev–Trinajstić information content (AvgIpc) is 2.78. The molecule has 19 heavy (non-hydrogen) atoms. The van der Waals surface area contributed by atoms with Crippen LogP contribution in [0.4, 0.5) is 0 Å². The summed E-state index contributed by atoms with van der Waals surface area (Å²) in [5.41, 5.74) is 0.0350. The molecule has 0 unspecified atom stereocenters. The van der Waals surface area contributed by atoms with Crippen molar-refractivity contribution in [2.75, 3.05) is 0 Å². The molecule has 0 saturated carbocycles. The van der Waals surface area contributed by atoms with Gasteiger partial charge in [-0.05, 0) is 39.8 Å².